The first-order valence-electron chi connectivity index (χ1n) is 7.84. The van der Waals surface area contributed by atoms with E-state index < -0.39 is 0 Å². The first-order valence-corrected chi connectivity index (χ1v) is 7.84. The third-order valence-corrected chi connectivity index (χ3v) is 4.37. The molecule has 7 heteroatoms. The molecule has 0 aromatic carbocycles. The monoisotopic (exact) mass is 302 g/mol. The number of carbonyl (C=O) groups excluding carboxylic acids is 1. The number of nitrogens with one attached hydrogen (secondary N) is 1. The van der Waals surface area contributed by atoms with Gasteiger partial charge in [0.05, 0.1) is 6.20 Å². The minimum atomic E-state index is 0.250. The molecule has 0 radical (unpaired) electrons. The van der Waals surface area contributed by atoms with Gasteiger partial charge in [0.25, 0.3) is 0 Å². The first-order chi connectivity index (χ1) is 10.7. The fourth-order valence-electron chi connectivity index (χ4n) is 3.09. The molecule has 0 spiro atoms. The second-order valence-electron chi connectivity index (χ2n) is 5.88. The lowest BCUT2D eigenvalue weighted by Gasteiger charge is -2.32. The average molecular weight is 302 g/mol. The average Bonchev–Trinajstić information content (AvgIpc) is 3.19. The van der Waals surface area contributed by atoms with E-state index in [-0.39, 0.29) is 5.91 Å². The van der Waals surface area contributed by atoms with Gasteiger partial charge in [-0.15, -0.1) is 0 Å². The van der Waals surface area contributed by atoms with Crippen LogP contribution in [0.25, 0.3) is 0 Å². The van der Waals surface area contributed by atoms with E-state index in [1.54, 1.807) is 11.0 Å². The predicted molar refractivity (Wildman–Crippen MR) is 81.1 cm³/mol. The SMILES string of the molecule is Cc1cn[nH]c1C1CCN(C(=O)CCCn2cncn2)CC1. The summed E-state index contributed by atoms with van der Waals surface area (Å²) in [6, 6.07) is 0. The van der Waals surface area contributed by atoms with Gasteiger partial charge in [-0.2, -0.15) is 10.2 Å². The molecule has 1 aliphatic rings. The number of amides is 1. The molecule has 3 heterocycles. The molecule has 118 valence electrons. The van der Waals surface area contributed by atoms with Gasteiger partial charge >= 0.3 is 0 Å². The van der Waals surface area contributed by atoms with E-state index in [1.165, 1.54) is 17.6 Å². The lowest BCUT2D eigenvalue weighted by molar-refractivity contribution is -0.132. The number of aromatic nitrogens is 5. The summed E-state index contributed by atoms with van der Waals surface area (Å²) in [5.74, 6) is 0.751. The van der Waals surface area contributed by atoms with Crippen molar-refractivity contribution in [1.29, 1.82) is 0 Å². The zero-order chi connectivity index (χ0) is 15.4. The van der Waals surface area contributed by atoms with Crippen LogP contribution in [0.15, 0.2) is 18.9 Å². The Morgan fingerprint density at radius 2 is 2.23 bits per heavy atom. The maximum Gasteiger partial charge on any atom is 0.222 e. The van der Waals surface area contributed by atoms with Crippen LogP contribution in [-0.2, 0) is 11.3 Å². The Morgan fingerprint density at radius 3 is 2.86 bits per heavy atom. The highest BCUT2D eigenvalue weighted by atomic mass is 16.2. The Balaban J connectivity index is 1.43. The smallest absolute Gasteiger partial charge is 0.222 e. The summed E-state index contributed by atoms with van der Waals surface area (Å²) >= 11 is 0. The van der Waals surface area contributed by atoms with Gasteiger partial charge in [0, 0.05) is 37.7 Å². The molecule has 3 rings (SSSR count). The van der Waals surface area contributed by atoms with Crippen LogP contribution in [0.2, 0.25) is 0 Å². The summed E-state index contributed by atoms with van der Waals surface area (Å²) in [4.78, 5) is 18.1. The Kier molecular flexibility index (Phi) is 4.50. The van der Waals surface area contributed by atoms with Crippen molar-refractivity contribution in [1.82, 2.24) is 29.9 Å². The van der Waals surface area contributed by atoms with E-state index in [9.17, 15) is 4.79 Å². The Bertz CT molecular complexity index is 597. The molecule has 1 N–H and O–H groups in total. The number of aromatic amines is 1. The van der Waals surface area contributed by atoms with Gasteiger partial charge in [0.1, 0.15) is 12.7 Å². The molecular formula is C15H22N6O. The second-order valence-corrected chi connectivity index (χ2v) is 5.88. The van der Waals surface area contributed by atoms with E-state index in [2.05, 4.69) is 27.2 Å². The van der Waals surface area contributed by atoms with Gasteiger partial charge in [-0.05, 0) is 31.7 Å². The summed E-state index contributed by atoms with van der Waals surface area (Å²) < 4.78 is 1.76. The van der Waals surface area contributed by atoms with Crippen molar-refractivity contribution in [2.75, 3.05) is 13.1 Å². The zero-order valence-electron chi connectivity index (χ0n) is 12.9. The fourth-order valence-corrected chi connectivity index (χ4v) is 3.09. The van der Waals surface area contributed by atoms with E-state index in [4.69, 9.17) is 0 Å². The number of carbonyl (C=O) groups is 1. The van der Waals surface area contributed by atoms with Crippen LogP contribution in [0.4, 0.5) is 0 Å². The molecule has 0 aliphatic carbocycles. The quantitative estimate of drug-likeness (QED) is 0.907. The summed E-state index contributed by atoms with van der Waals surface area (Å²) in [6.07, 6.45) is 8.48. The highest BCUT2D eigenvalue weighted by molar-refractivity contribution is 5.76. The second kappa shape index (κ2) is 6.72. The van der Waals surface area contributed by atoms with Crippen molar-refractivity contribution in [2.45, 2.75) is 45.1 Å². The maximum atomic E-state index is 12.2. The molecular weight excluding hydrogens is 280 g/mol. The van der Waals surface area contributed by atoms with Crippen molar-refractivity contribution >= 4 is 5.91 Å². The number of nitrogens with zero attached hydrogens (tertiary/aromatic N) is 5. The highest BCUT2D eigenvalue weighted by Crippen LogP contribution is 2.28. The molecule has 0 unspecified atom stereocenters. The standard InChI is InChI=1S/C15H22N6O/c1-12-9-17-19-15(12)13-4-7-20(8-5-13)14(22)3-2-6-21-11-16-10-18-21/h9-11,13H,2-8H2,1H3,(H,17,19). The number of H-pyrrole nitrogens is 1. The van der Waals surface area contributed by atoms with E-state index >= 15 is 0 Å². The van der Waals surface area contributed by atoms with Gasteiger partial charge in [-0.1, -0.05) is 0 Å². The molecule has 22 heavy (non-hydrogen) atoms. The van der Waals surface area contributed by atoms with Gasteiger partial charge in [0.2, 0.25) is 5.91 Å². The molecule has 7 nitrogen and oxygen atoms in total. The predicted octanol–water partition coefficient (Wildman–Crippen LogP) is 1.50. The molecule has 1 aliphatic heterocycles. The summed E-state index contributed by atoms with van der Waals surface area (Å²) in [6.45, 7) is 4.51. The van der Waals surface area contributed by atoms with Crippen LogP contribution < -0.4 is 0 Å². The third-order valence-electron chi connectivity index (χ3n) is 4.37. The van der Waals surface area contributed by atoms with Crippen LogP contribution in [0.5, 0.6) is 0 Å². The number of hydrogen-bond donors (Lipinski definition) is 1. The minimum absolute atomic E-state index is 0.250. The van der Waals surface area contributed by atoms with Crippen molar-refractivity contribution in [3.8, 4) is 0 Å². The van der Waals surface area contributed by atoms with Gasteiger partial charge in [-0.3, -0.25) is 14.6 Å². The van der Waals surface area contributed by atoms with Crippen LogP contribution in [0.3, 0.4) is 0 Å². The Morgan fingerprint density at radius 1 is 1.41 bits per heavy atom. The Hall–Kier alpha value is -2.18. The van der Waals surface area contributed by atoms with Crippen LogP contribution in [0.1, 0.15) is 42.9 Å². The molecule has 2 aromatic rings. The summed E-state index contributed by atoms with van der Waals surface area (Å²) in [5, 5.41) is 11.2. The molecule has 1 saturated heterocycles. The number of likely N-dealkylation sites (tertiary alicyclic amines) is 1. The van der Waals surface area contributed by atoms with E-state index in [1.807, 2.05) is 11.1 Å². The van der Waals surface area contributed by atoms with Crippen LogP contribution >= 0.6 is 0 Å². The van der Waals surface area contributed by atoms with Gasteiger partial charge in [0.15, 0.2) is 0 Å². The topological polar surface area (TPSA) is 79.7 Å². The highest BCUT2D eigenvalue weighted by Gasteiger charge is 2.25. The van der Waals surface area contributed by atoms with Crippen LogP contribution in [-0.4, -0.2) is 48.9 Å². The number of rotatable bonds is 5. The molecule has 1 fully saturated rings. The number of hydrogen-bond acceptors (Lipinski definition) is 4. The molecule has 0 atom stereocenters. The summed E-state index contributed by atoms with van der Waals surface area (Å²) in [5.41, 5.74) is 2.45. The van der Waals surface area contributed by atoms with E-state index in [0.29, 0.717) is 12.3 Å². The van der Waals surface area contributed by atoms with Crippen molar-refractivity contribution in [3.05, 3.63) is 30.1 Å². The Labute approximate surface area is 129 Å². The van der Waals surface area contributed by atoms with Crippen molar-refractivity contribution < 1.29 is 4.79 Å². The maximum absolute atomic E-state index is 12.2. The number of piperidine rings is 1. The van der Waals surface area contributed by atoms with Crippen molar-refractivity contribution in [3.63, 3.8) is 0 Å². The minimum Gasteiger partial charge on any atom is -0.343 e. The van der Waals surface area contributed by atoms with Crippen molar-refractivity contribution in [2.24, 2.45) is 0 Å². The first kappa shape index (κ1) is 14.7. The van der Waals surface area contributed by atoms with E-state index in [0.717, 1.165) is 38.9 Å². The summed E-state index contributed by atoms with van der Waals surface area (Å²) in [7, 11) is 0. The van der Waals surface area contributed by atoms with Crippen LogP contribution in [0, 0.1) is 6.92 Å². The third kappa shape index (κ3) is 3.35. The lowest BCUT2D eigenvalue weighted by Crippen LogP contribution is -2.38. The molecule has 0 bridgehead atoms. The van der Waals surface area contributed by atoms with Gasteiger partial charge in [-0.25, -0.2) is 4.98 Å². The normalized spacial score (nSPS) is 16.1. The largest absolute Gasteiger partial charge is 0.343 e. The molecule has 2 aromatic heterocycles. The zero-order valence-corrected chi connectivity index (χ0v) is 12.9. The molecule has 1 amide bonds. The fraction of sp³-hybridized carbons (Fsp3) is 0.600. The van der Waals surface area contributed by atoms with Gasteiger partial charge < -0.3 is 4.90 Å². The lowest BCUT2D eigenvalue weighted by atomic mass is 9.91. The molecule has 0 saturated carbocycles. The number of aryl methyl sites for hydroxylation is 2.